The van der Waals surface area contributed by atoms with Gasteiger partial charge < -0.3 is 19.3 Å². The summed E-state index contributed by atoms with van der Waals surface area (Å²) in [7, 11) is 0. The molecule has 1 N–H and O–H groups in total. The van der Waals surface area contributed by atoms with Gasteiger partial charge >= 0.3 is 5.97 Å². The standard InChI is InChI=1S/C14H16O5S/c15-14(16)12-3-1-9(19-12)8-20-10-2-4-11-13(7-10)18-6-5-17-11/h2,4,7,9,12H,1,3,5-6,8H2,(H,15,16). The van der Waals surface area contributed by atoms with Crippen molar-refractivity contribution in [2.75, 3.05) is 19.0 Å². The van der Waals surface area contributed by atoms with Crippen LogP contribution in [0.2, 0.25) is 0 Å². The molecule has 0 spiro atoms. The number of carboxylic acids is 1. The highest BCUT2D eigenvalue weighted by atomic mass is 32.2. The van der Waals surface area contributed by atoms with Gasteiger partial charge in [-0.1, -0.05) is 0 Å². The summed E-state index contributed by atoms with van der Waals surface area (Å²) < 4.78 is 16.5. The molecular weight excluding hydrogens is 280 g/mol. The summed E-state index contributed by atoms with van der Waals surface area (Å²) in [5.74, 6) is 1.45. The van der Waals surface area contributed by atoms with E-state index in [1.807, 2.05) is 18.2 Å². The predicted molar refractivity (Wildman–Crippen MR) is 73.7 cm³/mol. The van der Waals surface area contributed by atoms with Crippen LogP contribution in [0.4, 0.5) is 0 Å². The van der Waals surface area contributed by atoms with Crippen molar-refractivity contribution < 1.29 is 24.1 Å². The maximum absolute atomic E-state index is 10.8. The summed E-state index contributed by atoms with van der Waals surface area (Å²) in [5, 5.41) is 8.89. The highest BCUT2D eigenvalue weighted by Crippen LogP contribution is 2.35. The van der Waals surface area contributed by atoms with Crippen molar-refractivity contribution in [2.45, 2.75) is 29.9 Å². The van der Waals surface area contributed by atoms with Crippen LogP contribution in [0.15, 0.2) is 23.1 Å². The summed E-state index contributed by atoms with van der Waals surface area (Å²) >= 11 is 1.65. The van der Waals surface area contributed by atoms with E-state index in [4.69, 9.17) is 19.3 Å². The zero-order chi connectivity index (χ0) is 13.9. The summed E-state index contributed by atoms with van der Waals surface area (Å²) in [6.07, 6.45) is 0.770. The molecule has 0 saturated carbocycles. The second-order valence-electron chi connectivity index (χ2n) is 4.78. The third kappa shape index (κ3) is 3.02. The van der Waals surface area contributed by atoms with Crippen LogP contribution in [0, 0.1) is 0 Å². The van der Waals surface area contributed by atoms with Crippen LogP contribution in [0.3, 0.4) is 0 Å². The normalized spacial score (nSPS) is 24.6. The van der Waals surface area contributed by atoms with E-state index in [2.05, 4.69) is 0 Å². The molecule has 0 aliphatic carbocycles. The van der Waals surface area contributed by atoms with Gasteiger partial charge in [-0.2, -0.15) is 0 Å². The summed E-state index contributed by atoms with van der Waals surface area (Å²) in [4.78, 5) is 11.9. The number of hydrogen-bond donors (Lipinski definition) is 1. The molecule has 2 heterocycles. The smallest absolute Gasteiger partial charge is 0.332 e. The number of fused-ring (bicyclic) bond motifs is 1. The van der Waals surface area contributed by atoms with Gasteiger partial charge in [-0.05, 0) is 31.0 Å². The number of carbonyl (C=O) groups is 1. The highest BCUT2D eigenvalue weighted by molar-refractivity contribution is 7.99. The van der Waals surface area contributed by atoms with Crippen LogP contribution in [0.5, 0.6) is 11.5 Å². The lowest BCUT2D eigenvalue weighted by molar-refractivity contribution is -0.148. The minimum Gasteiger partial charge on any atom is -0.486 e. The maximum atomic E-state index is 10.8. The fraction of sp³-hybridized carbons (Fsp3) is 0.500. The van der Waals surface area contributed by atoms with Crippen LogP contribution in [0.25, 0.3) is 0 Å². The molecule has 20 heavy (non-hydrogen) atoms. The van der Waals surface area contributed by atoms with Gasteiger partial charge in [0.25, 0.3) is 0 Å². The molecule has 1 aromatic carbocycles. The topological polar surface area (TPSA) is 65.0 Å². The SMILES string of the molecule is O=C(O)C1CCC(CSc2ccc3c(c2)OCCO3)O1. The van der Waals surface area contributed by atoms with Crippen LogP contribution in [0.1, 0.15) is 12.8 Å². The number of carboxylic acid groups (broad SMARTS) is 1. The van der Waals surface area contributed by atoms with Crippen molar-refractivity contribution >= 4 is 17.7 Å². The summed E-state index contributed by atoms with van der Waals surface area (Å²) in [5.41, 5.74) is 0. The molecule has 6 heteroatoms. The molecule has 0 aromatic heterocycles. The van der Waals surface area contributed by atoms with E-state index in [-0.39, 0.29) is 6.10 Å². The molecule has 2 unspecified atom stereocenters. The van der Waals surface area contributed by atoms with Crippen molar-refractivity contribution in [3.63, 3.8) is 0 Å². The lowest BCUT2D eigenvalue weighted by Gasteiger charge is -2.19. The fourth-order valence-electron chi connectivity index (χ4n) is 2.31. The zero-order valence-electron chi connectivity index (χ0n) is 10.9. The molecule has 3 rings (SSSR count). The Bertz CT molecular complexity index is 504. The summed E-state index contributed by atoms with van der Waals surface area (Å²) in [6.45, 7) is 1.17. The number of hydrogen-bond acceptors (Lipinski definition) is 5. The Labute approximate surface area is 121 Å². The van der Waals surface area contributed by atoms with E-state index >= 15 is 0 Å². The first-order valence-corrected chi connectivity index (χ1v) is 7.61. The van der Waals surface area contributed by atoms with E-state index in [1.165, 1.54) is 0 Å². The van der Waals surface area contributed by atoms with Gasteiger partial charge in [0, 0.05) is 10.6 Å². The lowest BCUT2D eigenvalue weighted by Crippen LogP contribution is -2.21. The molecule has 1 fully saturated rings. The number of aliphatic carboxylic acids is 1. The van der Waals surface area contributed by atoms with Crippen molar-refractivity contribution in [3.05, 3.63) is 18.2 Å². The number of ether oxygens (including phenoxy) is 3. The second kappa shape index (κ2) is 5.93. The van der Waals surface area contributed by atoms with Crippen molar-refractivity contribution in [1.82, 2.24) is 0 Å². The van der Waals surface area contributed by atoms with E-state index in [0.29, 0.717) is 19.6 Å². The third-order valence-electron chi connectivity index (χ3n) is 3.33. The van der Waals surface area contributed by atoms with E-state index in [9.17, 15) is 4.79 Å². The molecule has 1 saturated heterocycles. The molecule has 2 aliphatic heterocycles. The van der Waals surface area contributed by atoms with Crippen molar-refractivity contribution in [3.8, 4) is 11.5 Å². The Morgan fingerprint density at radius 1 is 1.25 bits per heavy atom. The Hall–Kier alpha value is -1.40. The molecule has 0 bridgehead atoms. The van der Waals surface area contributed by atoms with Gasteiger partial charge in [0.2, 0.25) is 0 Å². The van der Waals surface area contributed by atoms with Gasteiger partial charge in [0.1, 0.15) is 13.2 Å². The molecule has 0 radical (unpaired) electrons. The zero-order valence-corrected chi connectivity index (χ0v) is 11.7. The van der Waals surface area contributed by atoms with E-state index in [1.54, 1.807) is 11.8 Å². The molecule has 108 valence electrons. The van der Waals surface area contributed by atoms with Crippen molar-refractivity contribution in [1.29, 1.82) is 0 Å². The molecule has 2 aliphatic rings. The minimum absolute atomic E-state index is 0.00861. The molecule has 1 aromatic rings. The fourth-order valence-corrected chi connectivity index (χ4v) is 3.29. The quantitative estimate of drug-likeness (QED) is 0.859. The van der Waals surface area contributed by atoms with Crippen LogP contribution < -0.4 is 9.47 Å². The van der Waals surface area contributed by atoms with Gasteiger partial charge in [0.15, 0.2) is 17.6 Å². The average Bonchev–Trinajstić information content (AvgIpc) is 2.94. The Kier molecular flexibility index (Phi) is 4.03. The largest absolute Gasteiger partial charge is 0.486 e. The maximum Gasteiger partial charge on any atom is 0.332 e. The minimum atomic E-state index is -0.864. The monoisotopic (exact) mass is 296 g/mol. The van der Waals surface area contributed by atoms with Crippen LogP contribution in [-0.4, -0.2) is 42.3 Å². The molecule has 5 nitrogen and oxygen atoms in total. The predicted octanol–water partition coefficient (Wildman–Crippen LogP) is 2.18. The molecule has 2 atom stereocenters. The van der Waals surface area contributed by atoms with Gasteiger partial charge in [0.05, 0.1) is 6.10 Å². The number of benzene rings is 1. The first-order valence-electron chi connectivity index (χ1n) is 6.63. The Morgan fingerprint density at radius 2 is 2.05 bits per heavy atom. The van der Waals surface area contributed by atoms with Crippen molar-refractivity contribution in [2.24, 2.45) is 0 Å². The number of thioether (sulfide) groups is 1. The molecule has 0 amide bonds. The van der Waals surface area contributed by atoms with Crippen LogP contribution >= 0.6 is 11.8 Å². The first-order chi connectivity index (χ1) is 9.72. The van der Waals surface area contributed by atoms with Gasteiger partial charge in [-0.15, -0.1) is 11.8 Å². The van der Waals surface area contributed by atoms with E-state index in [0.717, 1.165) is 28.6 Å². The lowest BCUT2D eigenvalue weighted by atomic mass is 10.2. The van der Waals surface area contributed by atoms with Crippen LogP contribution in [-0.2, 0) is 9.53 Å². The first kappa shape index (κ1) is 13.6. The van der Waals surface area contributed by atoms with Gasteiger partial charge in [-0.3, -0.25) is 0 Å². The number of rotatable bonds is 4. The second-order valence-corrected chi connectivity index (χ2v) is 5.87. The Morgan fingerprint density at radius 3 is 2.80 bits per heavy atom. The van der Waals surface area contributed by atoms with E-state index < -0.39 is 12.1 Å². The summed E-state index contributed by atoms with van der Waals surface area (Å²) in [6, 6.07) is 5.86. The third-order valence-corrected chi connectivity index (χ3v) is 4.46. The highest BCUT2D eigenvalue weighted by Gasteiger charge is 2.30. The average molecular weight is 296 g/mol. The molecular formula is C14H16O5S. The Balaban J connectivity index is 1.55. The van der Waals surface area contributed by atoms with Gasteiger partial charge in [-0.25, -0.2) is 4.79 Å².